The summed E-state index contributed by atoms with van der Waals surface area (Å²) in [6.07, 6.45) is 6.55. The third-order valence-electron chi connectivity index (χ3n) is 5.98. The average Bonchev–Trinajstić information content (AvgIpc) is 3.43. The Bertz CT molecular complexity index is 1240. The van der Waals surface area contributed by atoms with Gasteiger partial charge in [0.15, 0.2) is 0 Å². The van der Waals surface area contributed by atoms with Crippen molar-refractivity contribution >= 4 is 29.2 Å². The van der Waals surface area contributed by atoms with Crippen LogP contribution in [0.25, 0.3) is 5.65 Å². The maximum atomic E-state index is 13.2. The SMILES string of the molecule is Cn1cc2c(c(C(=O)NC3CCSC3)c1=O)CCN(C(=O)c1cnc3ccccn13)C2. The third-order valence-corrected chi connectivity index (χ3v) is 7.14. The van der Waals surface area contributed by atoms with E-state index in [4.69, 9.17) is 0 Å². The number of rotatable bonds is 3. The van der Waals surface area contributed by atoms with E-state index in [9.17, 15) is 14.4 Å². The highest BCUT2D eigenvalue weighted by Gasteiger charge is 2.30. The van der Waals surface area contributed by atoms with E-state index in [2.05, 4.69) is 10.3 Å². The van der Waals surface area contributed by atoms with E-state index in [-0.39, 0.29) is 29.0 Å². The van der Waals surface area contributed by atoms with Gasteiger partial charge in [-0.25, -0.2) is 4.98 Å². The van der Waals surface area contributed by atoms with Crippen molar-refractivity contribution in [2.45, 2.75) is 25.4 Å². The zero-order valence-corrected chi connectivity index (χ0v) is 18.0. The molecule has 5 rings (SSSR count). The molecule has 9 heteroatoms. The fourth-order valence-corrected chi connectivity index (χ4v) is 5.51. The molecule has 2 aliphatic rings. The quantitative estimate of drug-likeness (QED) is 0.670. The van der Waals surface area contributed by atoms with Crippen molar-refractivity contribution in [3.8, 4) is 0 Å². The molecule has 31 heavy (non-hydrogen) atoms. The molecule has 1 unspecified atom stereocenters. The summed E-state index contributed by atoms with van der Waals surface area (Å²) in [5, 5.41) is 3.02. The number of pyridine rings is 2. The van der Waals surface area contributed by atoms with Gasteiger partial charge in [-0.2, -0.15) is 11.8 Å². The van der Waals surface area contributed by atoms with Crippen molar-refractivity contribution in [2.24, 2.45) is 7.05 Å². The summed E-state index contributed by atoms with van der Waals surface area (Å²) in [5.41, 5.74) is 2.74. The van der Waals surface area contributed by atoms with Crippen LogP contribution in [0.15, 0.2) is 41.6 Å². The van der Waals surface area contributed by atoms with E-state index in [1.165, 1.54) is 4.57 Å². The van der Waals surface area contributed by atoms with Gasteiger partial charge in [-0.3, -0.25) is 18.8 Å². The molecule has 1 fully saturated rings. The maximum Gasteiger partial charge on any atom is 0.272 e. The smallest absolute Gasteiger partial charge is 0.272 e. The van der Waals surface area contributed by atoms with E-state index >= 15 is 0 Å². The predicted molar refractivity (Wildman–Crippen MR) is 119 cm³/mol. The fourth-order valence-electron chi connectivity index (χ4n) is 4.36. The second-order valence-corrected chi connectivity index (χ2v) is 9.16. The molecule has 3 aromatic heterocycles. The van der Waals surface area contributed by atoms with Gasteiger partial charge >= 0.3 is 0 Å². The Labute approximate surface area is 183 Å². The molecule has 0 aliphatic carbocycles. The first-order chi connectivity index (χ1) is 15.0. The van der Waals surface area contributed by atoms with Crippen LogP contribution in [0.2, 0.25) is 0 Å². The molecule has 2 aliphatic heterocycles. The lowest BCUT2D eigenvalue weighted by Gasteiger charge is -2.30. The van der Waals surface area contributed by atoms with E-state index in [1.54, 1.807) is 28.7 Å². The Balaban J connectivity index is 1.44. The standard InChI is InChI=1S/C22H23N5O3S/c1-25-11-14-12-26(21(29)17-10-23-18-4-2-3-7-27(17)18)8-5-16(14)19(22(25)30)20(28)24-15-6-9-31-13-15/h2-4,7,10-11,15H,5-6,8-9,12-13H2,1H3,(H,24,28). The lowest BCUT2D eigenvalue weighted by Crippen LogP contribution is -2.43. The van der Waals surface area contributed by atoms with Gasteiger partial charge in [0, 0.05) is 44.3 Å². The first-order valence-electron chi connectivity index (χ1n) is 10.3. The van der Waals surface area contributed by atoms with Gasteiger partial charge in [-0.15, -0.1) is 0 Å². The van der Waals surface area contributed by atoms with Gasteiger partial charge in [-0.1, -0.05) is 6.07 Å². The predicted octanol–water partition coefficient (Wildman–Crippen LogP) is 1.47. The number of aryl methyl sites for hydroxylation is 1. The van der Waals surface area contributed by atoms with Crippen LogP contribution in [0.4, 0.5) is 0 Å². The Kier molecular flexibility index (Phi) is 5.05. The van der Waals surface area contributed by atoms with E-state index in [0.29, 0.717) is 25.2 Å². The second-order valence-electron chi connectivity index (χ2n) is 8.01. The first kappa shape index (κ1) is 19.9. The van der Waals surface area contributed by atoms with Crippen LogP contribution < -0.4 is 10.9 Å². The molecule has 0 bridgehead atoms. The van der Waals surface area contributed by atoms with Gasteiger partial charge in [0.1, 0.15) is 16.9 Å². The highest BCUT2D eigenvalue weighted by atomic mass is 32.2. The highest BCUT2D eigenvalue weighted by molar-refractivity contribution is 7.99. The Morgan fingerprint density at radius 3 is 2.97 bits per heavy atom. The number of fused-ring (bicyclic) bond motifs is 2. The van der Waals surface area contributed by atoms with Gasteiger partial charge in [0.25, 0.3) is 17.4 Å². The lowest BCUT2D eigenvalue weighted by molar-refractivity contribution is 0.0727. The maximum absolute atomic E-state index is 13.2. The normalized spacial score (nSPS) is 18.2. The Morgan fingerprint density at radius 2 is 2.16 bits per heavy atom. The minimum Gasteiger partial charge on any atom is -0.348 e. The summed E-state index contributed by atoms with van der Waals surface area (Å²) >= 11 is 1.81. The van der Waals surface area contributed by atoms with E-state index < -0.39 is 0 Å². The van der Waals surface area contributed by atoms with Crippen LogP contribution >= 0.6 is 11.8 Å². The Morgan fingerprint density at radius 1 is 1.29 bits per heavy atom. The van der Waals surface area contributed by atoms with Gasteiger partial charge in [-0.05, 0) is 41.9 Å². The van der Waals surface area contributed by atoms with Crippen molar-refractivity contribution in [3.05, 3.63) is 69.5 Å². The summed E-state index contributed by atoms with van der Waals surface area (Å²) in [5.74, 6) is 1.48. The number of hydrogen-bond donors (Lipinski definition) is 1. The van der Waals surface area contributed by atoms with Crippen molar-refractivity contribution < 1.29 is 9.59 Å². The largest absolute Gasteiger partial charge is 0.348 e. The molecule has 0 radical (unpaired) electrons. The number of aromatic nitrogens is 3. The summed E-state index contributed by atoms with van der Waals surface area (Å²) < 4.78 is 3.22. The third kappa shape index (κ3) is 3.52. The highest BCUT2D eigenvalue weighted by Crippen LogP contribution is 2.23. The van der Waals surface area contributed by atoms with Crippen molar-refractivity contribution in [1.29, 1.82) is 0 Å². The number of imidazole rings is 1. The average molecular weight is 438 g/mol. The zero-order chi connectivity index (χ0) is 21.5. The van der Waals surface area contributed by atoms with Gasteiger partial charge in [0.05, 0.1) is 6.20 Å². The number of carbonyl (C=O) groups excluding carboxylic acids is 2. The summed E-state index contributed by atoms with van der Waals surface area (Å²) in [4.78, 5) is 45.0. The minimum atomic E-state index is -0.300. The number of amides is 2. The minimum absolute atomic E-state index is 0.106. The van der Waals surface area contributed by atoms with Gasteiger partial charge < -0.3 is 14.8 Å². The molecule has 1 atom stereocenters. The first-order valence-corrected chi connectivity index (χ1v) is 11.5. The molecule has 0 saturated carbocycles. The summed E-state index contributed by atoms with van der Waals surface area (Å²) in [6, 6.07) is 5.70. The van der Waals surface area contributed by atoms with Crippen LogP contribution in [-0.4, -0.2) is 54.8 Å². The van der Waals surface area contributed by atoms with Crippen LogP contribution in [-0.2, 0) is 20.0 Å². The lowest BCUT2D eigenvalue weighted by atomic mass is 9.95. The molecule has 0 aromatic carbocycles. The van der Waals surface area contributed by atoms with E-state index in [0.717, 1.165) is 34.7 Å². The molecule has 1 saturated heterocycles. The van der Waals surface area contributed by atoms with Crippen LogP contribution in [0, 0.1) is 0 Å². The number of carbonyl (C=O) groups is 2. The van der Waals surface area contributed by atoms with Crippen molar-refractivity contribution in [2.75, 3.05) is 18.1 Å². The number of hydrogen-bond acceptors (Lipinski definition) is 5. The zero-order valence-electron chi connectivity index (χ0n) is 17.2. The van der Waals surface area contributed by atoms with E-state index in [1.807, 2.05) is 36.2 Å². The van der Waals surface area contributed by atoms with Gasteiger partial charge in [0.2, 0.25) is 0 Å². The van der Waals surface area contributed by atoms with Crippen LogP contribution in [0.1, 0.15) is 38.4 Å². The van der Waals surface area contributed by atoms with Crippen LogP contribution in [0.3, 0.4) is 0 Å². The summed E-state index contributed by atoms with van der Waals surface area (Å²) in [7, 11) is 1.65. The van der Waals surface area contributed by atoms with Crippen molar-refractivity contribution in [1.82, 2.24) is 24.2 Å². The molecule has 0 spiro atoms. The molecule has 160 valence electrons. The number of thioether (sulfide) groups is 1. The molecular weight excluding hydrogens is 414 g/mol. The monoisotopic (exact) mass is 437 g/mol. The topological polar surface area (TPSA) is 88.7 Å². The van der Waals surface area contributed by atoms with Crippen molar-refractivity contribution in [3.63, 3.8) is 0 Å². The molecule has 5 heterocycles. The fraction of sp³-hybridized carbons (Fsp3) is 0.364. The summed E-state index contributed by atoms with van der Waals surface area (Å²) in [6.45, 7) is 0.792. The number of nitrogens with one attached hydrogen (secondary N) is 1. The number of nitrogens with zero attached hydrogens (tertiary/aromatic N) is 4. The molecule has 2 amide bonds. The van der Waals surface area contributed by atoms with Crippen LogP contribution in [0.5, 0.6) is 0 Å². The molecule has 1 N–H and O–H groups in total. The Hall–Kier alpha value is -3.07. The molecule has 8 nitrogen and oxygen atoms in total. The second kappa shape index (κ2) is 7.88. The molecular formula is C22H23N5O3S. The molecule has 3 aromatic rings.